The Kier molecular flexibility index (Phi) is 9.13. The van der Waals surface area contributed by atoms with Crippen LogP contribution in [0.5, 0.6) is 0 Å². The molecule has 7 nitrogen and oxygen atoms in total. The Morgan fingerprint density at radius 1 is 1.03 bits per heavy atom. The van der Waals surface area contributed by atoms with Crippen molar-refractivity contribution >= 4 is 29.9 Å². The minimum Gasteiger partial charge on any atom is -0.354 e. The summed E-state index contributed by atoms with van der Waals surface area (Å²) in [5, 5.41) is 15.8. The molecule has 2 fully saturated rings. The van der Waals surface area contributed by atoms with Crippen molar-refractivity contribution in [2.24, 2.45) is 12.0 Å². The summed E-state index contributed by atoms with van der Waals surface area (Å²) in [5.41, 5.74) is 1.38. The maximum Gasteiger partial charge on any atom is 0.192 e. The normalized spacial score (nSPS) is 20.5. The summed E-state index contributed by atoms with van der Waals surface area (Å²) in [5.74, 6) is 2.74. The molecule has 1 saturated heterocycles. The molecular weight excluding hydrogens is 501 g/mol. The lowest BCUT2D eigenvalue weighted by Crippen LogP contribution is -2.52. The fourth-order valence-corrected chi connectivity index (χ4v) is 4.49. The molecule has 1 saturated carbocycles. The molecule has 170 valence electrons. The van der Waals surface area contributed by atoms with Gasteiger partial charge in [0.05, 0.1) is 0 Å². The Hall–Kier alpha value is -1.68. The number of aromatic nitrogens is 3. The van der Waals surface area contributed by atoms with Crippen molar-refractivity contribution in [3.63, 3.8) is 0 Å². The van der Waals surface area contributed by atoms with E-state index < -0.39 is 0 Å². The van der Waals surface area contributed by atoms with Gasteiger partial charge in [-0.15, -0.1) is 34.2 Å². The average molecular weight is 537 g/mol. The number of aryl methyl sites for hydroxylation is 1. The van der Waals surface area contributed by atoms with Crippen molar-refractivity contribution in [1.82, 2.24) is 30.3 Å². The summed E-state index contributed by atoms with van der Waals surface area (Å²) in [7, 11) is 2.00. The van der Waals surface area contributed by atoms with Crippen LogP contribution in [0.2, 0.25) is 0 Å². The van der Waals surface area contributed by atoms with Crippen molar-refractivity contribution in [1.29, 1.82) is 0 Å². The minimum atomic E-state index is 0. The molecule has 4 rings (SSSR count). The van der Waals surface area contributed by atoms with Gasteiger partial charge in [0.15, 0.2) is 11.8 Å². The number of rotatable bonds is 6. The highest BCUT2D eigenvalue weighted by Gasteiger charge is 2.23. The monoisotopic (exact) mass is 537 g/mol. The molecule has 1 aromatic carbocycles. The number of guanidine groups is 1. The van der Waals surface area contributed by atoms with Gasteiger partial charge in [0.1, 0.15) is 12.4 Å². The highest BCUT2D eigenvalue weighted by Crippen LogP contribution is 2.18. The lowest BCUT2D eigenvalue weighted by Gasteiger charge is -2.34. The summed E-state index contributed by atoms with van der Waals surface area (Å²) < 4.78 is 2.01. The molecule has 0 spiro atoms. The van der Waals surface area contributed by atoms with Crippen LogP contribution in [-0.2, 0) is 20.1 Å². The molecule has 0 bridgehead atoms. The molecule has 1 unspecified atom stereocenters. The first kappa shape index (κ1) is 24.0. The SMILES string of the molecule is Cc1nnc(CN=C(NC2CCCC2)NC2CCCN(Cc3ccccc3)C2)n1C.I. The number of nitrogens with one attached hydrogen (secondary N) is 2. The van der Waals surface area contributed by atoms with Crippen LogP contribution in [-0.4, -0.2) is 50.8 Å². The minimum absolute atomic E-state index is 0. The zero-order valence-electron chi connectivity index (χ0n) is 18.8. The van der Waals surface area contributed by atoms with Crippen molar-refractivity contribution in [3.8, 4) is 0 Å². The second-order valence-corrected chi connectivity index (χ2v) is 8.72. The van der Waals surface area contributed by atoms with Gasteiger partial charge in [-0.25, -0.2) is 4.99 Å². The summed E-state index contributed by atoms with van der Waals surface area (Å²) in [4.78, 5) is 7.44. The molecule has 2 N–H and O–H groups in total. The van der Waals surface area contributed by atoms with Crippen LogP contribution in [0.15, 0.2) is 35.3 Å². The first-order valence-electron chi connectivity index (χ1n) is 11.4. The van der Waals surface area contributed by atoms with Crippen molar-refractivity contribution in [3.05, 3.63) is 47.5 Å². The van der Waals surface area contributed by atoms with Gasteiger partial charge >= 0.3 is 0 Å². The van der Waals surface area contributed by atoms with E-state index in [2.05, 4.69) is 56.1 Å². The van der Waals surface area contributed by atoms with Crippen LogP contribution in [0.25, 0.3) is 0 Å². The standard InChI is InChI=1S/C23H35N7.HI/c1-18-27-28-22(29(18)2)15-24-23(25-20-11-6-7-12-20)26-21-13-8-14-30(17-21)16-19-9-4-3-5-10-19;/h3-5,9-10,20-21H,6-8,11-17H2,1-2H3,(H2,24,25,26);1H. The van der Waals surface area contributed by atoms with Crippen molar-refractivity contribution in [2.45, 2.75) is 70.6 Å². The largest absolute Gasteiger partial charge is 0.354 e. The zero-order chi connectivity index (χ0) is 20.8. The second-order valence-electron chi connectivity index (χ2n) is 8.72. The molecule has 8 heteroatoms. The topological polar surface area (TPSA) is 70.4 Å². The summed E-state index contributed by atoms with van der Waals surface area (Å²) in [6.07, 6.45) is 7.47. The van der Waals surface area contributed by atoms with E-state index in [9.17, 15) is 0 Å². The lowest BCUT2D eigenvalue weighted by molar-refractivity contribution is 0.192. The van der Waals surface area contributed by atoms with E-state index in [-0.39, 0.29) is 24.0 Å². The smallest absolute Gasteiger partial charge is 0.192 e. The number of aliphatic imine (C=N–C) groups is 1. The number of likely N-dealkylation sites (tertiary alicyclic amines) is 1. The van der Waals surface area contributed by atoms with E-state index in [4.69, 9.17) is 4.99 Å². The van der Waals surface area contributed by atoms with E-state index >= 15 is 0 Å². The Morgan fingerprint density at radius 3 is 2.45 bits per heavy atom. The highest BCUT2D eigenvalue weighted by atomic mass is 127. The van der Waals surface area contributed by atoms with Crippen molar-refractivity contribution in [2.75, 3.05) is 13.1 Å². The number of piperidine rings is 1. The molecule has 2 aromatic rings. The quantitative estimate of drug-likeness (QED) is 0.336. The maximum atomic E-state index is 4.89. The van der Waals surface area contributed by atoms with Gasteiger partial charge in [0.2, 0.25) is 0 Å². The second kappa shape index (κ2) is 11.8. The molecule has 31 heavy (non-hydrogen) atoms. The third-order valence-corrected chi connectivity index (χ3v) is 6.35. The van der Waals surface area contributed by atoms with E-state index in [0.717, 1.165) is 37.2 Å². The average Bonchev–Trinajstić information content (AvgIpc) is 3.38. The maximum absolute atomic E-state index is 4.89. The van der Waals surface area contributed by atoms with Gasteiger partial charge in [-0.05, 0) is 44.7 Å². The molecule has 0 radical (unpaired) electrons. The van der Waals surface area contributed by atoms with Gasteiger partial charge in [-0.3, -0.25) is 4.90 Å². The summed E-state index contributed by atoms with van der Waals surface area (Å²) in [6, 6.07) is 11.7. The summed E-state index contributed by atoms with van der Waals surface area (Å²) in [6.45, 7) is 5.73. The van der Waals surface area contributed by atoms with E-state index in [0.29, 0.717) is 18.6 Å². The van der Waals surface area contributed by atoms with Crippen LogP contribution in [0.3, 0.4) is 0 Å². The highest BCUT2D eigenvalue weighted by molar-refractivity contribution is 14.0. The Bertz CT molecular complexity index is 830. The zero-order valence-corrected chi connectivity index (χ0v) is 21.1. The van der Waals surface area contributed by atoms with Crippen LogP contribution in [0.1, 0.15) is 55.7 Å². The summed E-state index contributed by atoms with van der Waals surface area (Å²) >= 11 is 0. The fourth-order valence-electron chi connectivity index (χ4n) is 4.49. The molecule has 1 aromatic heterocycles. The molecule has 2 heterocycles. The molecule has 1 aliphatic heterocycles. The van der Waals surface area contributed by atoms with Gasteiger partial charge in [0.25, 0.3) is 0 Å². The predicted octanol–water partition coefficient (Wildman–Crippen LogP) is 3.38. The third-order valence-electron chi connectivity index (χ3n) is 6.35. The Morgan fingerprint density at radius 2 is 1.74 bits per heavy atom. The number of benzene rings is 1. The van der Waals surface area contributed by atoms with Crippen LogP contribution in [0, 0.1) is 6.92 Å². The van der Waals surface area contributed by atoms with Crippen LogP contribution >= 0.6 is 24.0 Å². The number of halogens is 1. The molecule has 1 atom stereocenters. The van der Waals surface area contributed by atoms with E-state index in [1.807, 2.05) is 18.5 Å². The van der Waals surface area contributed by atoms with Gasteiger partial charge in [-0.1, -0.05) is 43.2 Å². The van der Waals surface area contributed by atoms with Gasteiger partial charge in [-0.2, -0.15) is 0 Å². The molecule has 2 aliphatic rings. The third kappa shape index (κ3) is 6.90. The van der Waals surface area contributed by atoms with Crippen molar-refractivity contribution < 1.29 is 0 Å². The predicted molar refractivity (Wildman–Crippen MR) is 136 cm³/mol. The van der Waals surface area contributed by atoms with Crippen LogP contribution in [0.4, 0.5) is 0 Å². The molecule has 0 amide bonds. The van der Waals surface area contributed by atoms with Gasteiger partial charge in [0, 0.05) is 32.2 Å². The Balaban J connectivity index is 0.00000272. The first-order valence-corrected chi connectivity index (χ1v) is 11.4. The molecule has 1 aliphatic carbocycles. The van der Waals surface area contributed by atoms with Gasteiger partial charge < -0.3 is 15.2 Å². The van der Waals surface area contributed by atoms with E-state index in [1.165, 1.54) is 44.1 Å². The number of hydrogen-bond acceptors (Lipinski definition) is 4. The fraction of sp³-hybridized carbons (Fsp3) is 0.609. The number of hydrogen-bond donors (Lipinski definition) is 2. The molecular formula is C23H36IN7. The lowest BCUT2D eigenvalue weighted by atomic mass is 10.0. The number of nitrogens with zero attached hydrogens (tertiary/aromatic N) is 5. The van der Waals surface area contributed by atoms with Crippen LogP contribution < -0.4 is 10.6 Å². The first-order chi connectivity index (χ1) is 14.7. The Labute approximate surface area is 203 Å². The van der Waals surface area contributed by atoms with E-state index in [1.54, 1.807) is 0 Å².